The minimum Gasteiger partial charge on any atom is -0.870 e. The number of hydrogen-bond donors (Lipinski definition) is 2. The molecule has 0 unspecified atom stereocenters. The third-order valence-electron chi connectivity index (χ3n) is 1.40. The zero-order valence-corrected chi connectivity index (χ0v) is 16.5. The first-order chi connectivity index (χ1) is 9.83. The van der Waals surface area contributed by atoms with E-state index in [0.717, 1.165) is 0 Å². The normalized spacial score (nSPS) is 7.45. The minimum absolute atomic E-state index is 0. The van der Waals surface area contributed by atoms with Crippen LogP contribution in [0.15, 0.2) is 25.7 Å². The van der Waals surface area contributed by atoms with E-state index >= 15 is 0 Å². The van der Waals surface area contributed by atoms with Gasteiger partial charge in [-0.15, -0.1) is 12.8 Å². The first-order valence-corrected chi connectivity index (χ1v) is 5.99. The molecule has 0 saturated heterocycles. The molecule has 0 radical (unpaired) electrons. The van der Waals surface area contributed by atoms with E-state index in [1.54, 1.807) is 0 Å². The van der Waals surface area contributed by atoms with Crippen molar-refractivity contribution in [1.29, 1.82) is 0 Å². The van der Waals surface area contributed by atoms with Crippen LogP contribution in [0.1, 0.15) is 0 Å². The predicted molar refractivity (Wildman–Crippen MR) is 79.9 cm³/mol. The second-order valence-corrected chi connectivity index (χ2v) is 2.75. The molecule has 0 spiro atoms. The van der Waals surface area contributed by atoms with Crippen molar-refractivity contribution in [3.8, 4) is 12.8 Å². The van der Waals surface area contributed by atoms with Gasteiger partial charge in [0.2, 0.25) is 0 Å². The molecule has 0 aliphatic carbocycles. The van der Waals surface area contributed by atoms with Crippen LogP contribution in [0.3, 0.4) is 0 Å². The number of aliphatic hydroxyl groups excluding tert-OH is 2. The third kappa shape index (κ3) is 50.1. The van der Waals surface area contributed by atoms with Crippen LogP contribution in [0.2, 0.25) is 0 Å². The average Bonchev–Trinajstić information content (AvgIpc) is 2.50. The van der Waals surface area contributed by atoms with E-state index in [-0.39, 0.29) is 70.1 Å². The number of ether oxygens (including phenoxy) is 4. The van der Waals surface area contributed by atoms with E-state index in [1.807, 2.05) is 0 Å². The molecule has 3 N–H and O–H groups in total. The zero-order chi connectivity index (χ0) is 15.9. The van der Waals surface area contributed by atoms with Gasteiger partial charge in [0, 0.05) is 0 Å². The molecular formula is C14H27KO7. The van der Waals surface area contributed by atoms with E-state index < -0.39 is 0 Å². The SMILES string of the molecule is C#C.C=COCCOCCOC=C.OCCOCCO.[K+].[OH-]. The smallest absolute Gasteiger partial charge is 0.870 e. The van der Waals surface area contributed by atoms with Gasteiger partial charge < -0.3 is 34.6 Å². The Morgan fingerprint density at radius 3 is 1.32 bits per heavy atom. The van der Waals surface area contributed by atoms with Crippen molar-refractivity contribution in [2.75, 3.05) is 52.9 Å². The Morgan fingerprint density at radius 1 is 0.727 bits per heavy atom. The number of terminal acetylenes is 1. The van der Waals surface area contributed by atoms with Crippen LogP contribution in [0, 0.1) is 12.8 Å². The van der Waals surface area contributed by atoms with Crippen molar-refractivity contribution in [2.45, 2.75) is 0 Å². The molecule has 0 heterocycles. The summed E-state index contributed by atoms with van der Waals surface area (Å²) in [6.45, 7) is 9.68. The molecule has 0 rings (SSSR count). The van der Waals surface area contributed by atoms with Gasteiger partial charge in [-0.25, -0.2) is 0 Å². The molecular weight excluding hydrogens is 319 g/mol. The summed E-state index contributed by atoms with van der Waals surface area (Å²) >= 11 is 0. The molecule has 8 heteroatoms. The first kappa shape index (κ1) is 33.6. The fourth-order valence-corrected chi connectivity index (χ4v) is 0.714. The van der Waals surface area contributed by atoms with Crippen LogP contribution in [0.5, 0.6) is 0 Å². The summed E-state index contributed by atoms with van der Waals surface area (Å²) < 4.78 is 19.4. The largest absolute Gasteiger partial charge is 1.00 e. The molecule has 126 valence electrons. The van der Waals surface area contributed by atoms with Crippen LogP contribution < -0.4 is 51.4 Å². The summed E-state index contributed by atoms with van der Waals surface area (Å²) in [6, 6.07) is 0. The van der Waals surface area contributed by atoms with Gasteiger partial charge in [0.1, 0.15) is 13.2 Å². The Kier molecular flexibility index (Phi) is 65.5. The molecule has 0 amide bonds. The quantitative estimate of drug-likeness (QED) is 0.172. The molecule has 0 aromatic carbocycles. The molecule has 0 aromatic rings. The van der Waals surface area contributed by atoms with E-state index in [2.05, 4.69) is 30.7 Å². The molecule has 0 aromatic heterocycles. The van der Waals surface area contributed by atoms with Gasteiger partial charge >= 0.3 is 51.4 Å². The van der Waals surface area contributed by atoms with Crippen LogP contribution in [0.4, 0.5) is 0 Å². The molecule has 0 bridgehead atoms. The summed E-state index contributed by atoms with van der Waals surface area (Å²) in [5.41, 5.74) is 0. The summed E-state index contributed by atoms with van der Waals surface area (Å²) in [6.07, 6.45) is 10.8. The first-order valence-electron chi connectivity index (χ1n) is 5.99. The Morgan fingerprint density at radius 2 is 1.05 bits per heavy atom. The van der Waals surface area contributed by atoms with Crippen molar-refractivity contribution in [2.24, 2.45) is 0 Å². The van der Waals surface area contributed by atoms with Crippen molar-refractivity contribution in [1.82, 2.24) is 0 Å². The Bertz CT molecular complexity index is 185. The van der Waals surface area contributed by atoms with Crippen LogP contribution in [-0.4, -0.2) is 68.5 Å². The summed E-state index contributed by atoms with van der Waals surface area (Å²) in [5, 5.41) is 16.2. The van der Waals surface area contributed by atoms with Crippen molar-refractivity contribution < 1.29 is 86.0 Å². The zero-order valence-electron chi connectivity index (χ0n) is 13.4. The Labute approximate surface area is 176 Å². The van der Waals surface area contributed by atoms with Crippen LogP contribution in [0.25, 0.3) is 0 Å². The molecule has 0 atom stereocenters. The summed E-state index contributed by atoms with van der Waals surface area (Å²) in [4.78, 5) is 0. The summed E-state index contributed by atoms with van der Waals surface area (Å²) in [5.74, 6) is 0. The van der Waals surface area contributed by atoms with E-state index in [0.29, 0.717) is 39.6 Å². The van der Waals surface area contributed by atoms with Gasteiger partial charge in [0.05, 0.1) is 52.2 Å². The van der Waals surface area contributed by atoms with Gasteiger partial charge in [-0.2, -0.15) is 0 Å². The van der Waals surface area contributed by atoms with Gasteiger partial charge in [-0.1, -0.05) is 13.2 Å². The topological polar surface area (TPSA) is 107 Å². The van der Waals surface area contributed by atoms with Gasteiger partial charge in [0.15, 0.2) is 0 Å². The number of aliphatic hydroxyl groups is 2. The maximum absolute atomic E-state index is 8.09. The summed E-state index contributed by atoms with van der Waals surface area (Å²) in [7, 11) is 0. The van der Waals surface area contributed by atoms with E-state index in [1.165, 1.54) is 12.5 Å². The monoisotopic (exact) mass is 346 g/mol. The number of hydrogen-bond acceptors (Lipinski definition) is 7. The molecule has 0 fully saturated rings. The van der Waals surface area contributed by atoms with E-state index in [9.17, 15) is 0 Å². The standard InChI is InChI=1S/C8H14O3.C4H10O3.C2H2.K.H2O/c1-3-9-5-7-11-8-6-10-4-2;5-1-3-7-4-2-6;1-2;;/h3-4H,1-2,5-8H2;5-6H,1-4H2;1-2H;;1H2/q;;;+1;/p-1. The second kappa shape index (κ2) is 42.9. The van der Waals surface area contributed by atoms with Gasteiger partial charge in [0.25, 0.3) is 0 Å². The van der Waals surface area contributed by atoms with Gasteiger partial charge in [-0.05, 0) is 0 Å². The molecule has 0 aliphatic heterocycles. The Balaban J connectivity index is -0.0000000770. The molecule has 22 heavy (non-hydrogen) atoms. The van der Waals surface area contributed by atoms with Gasteiger partial charge in [-0.3, -0.25) is 0 Å². The van der Waals surface area contributed by atoms with Crippen molar-refractivity contribution >= 4 is 0 Å². The van der Waals surface area contributed by atoms with Crippen LogP contribution >= 0.6 is 0 Å². The maximum atomic E-state index is 8.09. The predicted octanol–water partition coefficient (Wildman–Crippen LogP) is -2.61. The third-order valence-corrected chi connectivity index (χ3v) is 1.40. The van der Waals surface area contributed by atoms with E-state index in [4.69, 9.17) is 24.4 Å². The fourth-order valence-electron chi connectivity index (χ4n) is 0.714. The maximum Gasteiger partial charge on any atom is 1.00 e. The fraction of sp³-hybridized carbons (Fsp3) is 0.571. The van der Waals surface area contributed by atoms with Crippen molar-refractivity contribution in [3.05, 3.63) is 25.7 Å². The Hall–Kier alpha value is 0.0764. The molecule has 7 nitrogen and oxygen atoms in total. The second-order valence-electron chi connectivity index (χ2n) is 2.75. The molecule has 0 saturated carbocycles. The number of rotatable bonds is 12. The van der Waals surface area contributed by atoms with Crippen molar-refractivity contribution in [3.63, 3.8) is 0 Å². The average molecular weight is 346 g/mol. The minimum atomic E-state index is 0. The van der Waals surface area contributed by atoms with Crippen LogP contribution in [-0.2, 0) is 18.9 Å². The molecule has 0 aliphatic rings.